The average molecular weight is 374 g/mol. The van der Waals surface area contributed by atoms with E-state index in [1.165, 1.54) is 4.31 Å². The van der Waals surface area contributed by atoms with E-state index in [9.17, 15) is 8.42 Å². The molecule has 0 saturated carbocycles. The third-order valence-corrected chi connectivity index (χ3v) is 7.27. The van der Waals surface area contributed by atoms with Gasteiger partial charge in [-0.15, -0.1) is 0 Å². The Hall–Kier alpha value is -2.32. The fraction of sp³-hybridized carbons (Fsp3) is 0.389. The van der Waals surface area contributed by atoms with Crippen molar-refractivity contribution in [2.24, 2.45) is 0 Å². The van der Waals surface area contributed by atoms with Gasteiger partial charge in [0.1, 0.15) is 16.8 Å². The largest absolute Gasteiger partial charge is 0.495 e. The number of nitrogens with one attached hydrogen (secondary N) is 2. The quantitative estimate of drug-likeness (QED) is 0.862. The molecule has 26 heavy (non-hydrogen) atoms. The molecule has 0 spiro atoms. The van der Waals surface area contributed by atoms with Crippen molar-refractivity contribution in [1.82, 2.24) is 14.5 Å². The van der Waals surface area contributed by atoms with Gasteiger partial charge in [-0.3, -0.25) is 5.10 Å². The molecule has 2 N–H and O–H groups in total. The Labute approximate surface area is 153 Å². The number of aryl methyl sites for hydroxylation is 3. The predicted octanol–water partition coefficient (Wildman–Crippen LogP) is 2.57. The van der Waals surface area contributed by atoms with E-state index in [4.69, 9.17) is 4.74 Å². The minimum Gasteiger partial charge on any atom is -0.495 e. The lowest BCUT2D eigenvalue weighted by molar-refractivity contribution is 0.408. The summed E-state index contributed by atoms with van der Waals surface area (Å²) in [6.07, 6.45) is 2.39. The highest BCUT2D eigenvalue weighted by atomic mass is 32.2. The van der Waals surface area contributed by atoms with E-state index in [1.54, 1.807) is 21.0 Å². The number of H-pyrrole nitrogens is 1. The van der Waals surface area contributed by atoms with E-state index in [2.05, 4.69) is 21.6 Å². The summed E-state index contributed by atoms with van der Waals surface area (Å²) in [7, 11) is -2.05. The van der Waals surface area contributed by atoms with Crippen LogP contribution in [0, 0.1) is 20.8 Å². The molecular weight excluding hydrogens is 352 g/mol. The molecule has 0 amide bonds. The number of ether oxygens (including phenoxy) is 1. The van der Waals surface area contributed by atoms with Gasteiger partial charge in [-0.05, 0) is 50.5 Å². The zero-order valence-electron chi connectivity index (χ0n) is 15.3. The van der Waals surface area contributed by atoms with Crippen molar-refractivity contribution >= 4 is 21.8 Å². The van der Waals surface area contributed by atoms with Crippen molar-refractivity contribution in [3.8, 4) is 5.75 Å². The summed E-state index contributed by atoms with van der Waals surface area (Å²) in [6, 6.07) is 3.91. The van der Waals surface area contributed by atoms with Gasteiger partial charge in [0.15, 0.2) is 0 Å². The molecule has 2 aliphatic heterocycles. The maximum Gasteiger partial charge on any atom is 0.248 e. The first-order valence-electron chi connectivity index (χ1n) is 8.52. The van der Waals surface area contributed by atoms with Crippen molar-refractivity contribution in [2.45, 2.75) is 38.3 Å². The summed E-state index contributed by atoms with van der Waals surface area (Å²) in [6.45, 7) is 5.92. The molecular formula is C18H22N4O3S. The number of aromatic amines is 1. The summed E-state index contributed by atoms with van der Waals surface area (Å²) >= 11 is 0. The molecule has 7 nitrogen and oxygen atoms in total. The summed E-state index contributed by atoms with van der Waals surface area (Å²) < 4.78 is 33.6. The van der Waals surface area contributed by atoms with E-state index in [-0.39, 0.29) is 4.90 Å². The van der Waals surface area contributed by atoms with Crippen LogP contribution >= 0.6 is 0 Å². The SMILES string of the molecule is COc1ccc(C)c2c1NC1C(=C2)CCN1S(=O)(=O)c1c(C)n[nH]c1C. The van der Waals surface area contributed by atoms with Gasteiger partial charge < -0.3 is 10.1 Å². The summed E-state index contributed by atoms with van der Waals surface area (Å²) in [5, 5.41) is 10.2. The Balaban J connectivity index is 1.79. The third-order valence-electron chi connectivity index (χ3n) is 5.14. The van der Waals surface area contributed by atoms with Gasteiger partial charge >= 0.3 is 0 Å². The summed E-state index contributed by atoms with van der Waals surface area (Å²) in [4.78, 5) is 0.266. The molecule has 1 aromatic carbocycles. The van der Waals surface area contributed by atoms with Crippen LogP contribution in [0.1, 0.15) is 28.9 Å². The normalized spacial score (nSPS) is 19.5. The number of benzene rings is 1. The van der Waals surface area contributed by atoms with E-state index >= 15 is 0 Å². The molecule has 1 fully saturated rings. The van der Waals surface area contributed by atoms with Crippen molar-refractivity contribution in [3.63, 3.8) is 0 Å². The molecule has 3 heterocycles. The second kappa shape index (κ2) is 5.85. The number of hydrogen-bond acceptors (Lipinski definition) is 5. The van der Waals surface area contributed by atoms with Gasteiger partial charge in [0.2, 0.25) is 10.0 Å². The fourth-order valence-electron chi connectivity index (χ4n) is 3.83. The van der Waals surface area contributed by atoms with E-state index in [0.29, 0.717) is 30.1 Å². The zero-order chi connectivity index (χ0) is 18.6. The van der Waals surface area contributed by atoms with Gasteiger partial charge in [-0.1, -0.05) is 6.07 Å². The first-order valence-corrected chi connectivity index (χ1v) is 9.96. The van der Waals surface area contributed by atoms with Crippen molar-refractivity contribution in [3.05, 3.63) is 40.2 Å². The van der Waals surface area contributed by atoms with Crippen LogP contribution in [0.4, 0.5) is 5.69 Å². The van der Waals surface area contributed by atoms with Gasteiger partial charge in [0, 0.05) is 12.1 Å². The van der Waals surface area contributed by atoms with E-state index < -0.39 is 16.2 Å². The second-order valence-corrected chi connectivity index (χ2v) is 8.60. The van der Waals surface area contributed by atoms with Gasteiger partial charge in [0.05, 0.1) is 24.2 Å². The maximum atomic E-state index is 13.3. The summed E-state index contributed by atoms with van der Waals surface area (Å²) in [5.41, 5.74) is 5.14. The molecule has 1 unspecified atom stereocenters. The van der Waals surface area contributed by atoms with Crippen LogP contribution in [0.15, 0.2) is 22.6 Å². The monoisotopic (exact) mass is 374 g/mol. The highest BCUT2D eigenvalue weighted by Gasteiger charge is 2.42. The first kappa shape index (κ1) is 17.1. The molecule has 8 heteroatoms. The van der Waals surface area contributed by atoms with Crippen molar-refractivity contribution < 1.29 is 13.2 Å². The molecule has 1 atom stereocenters. The number of sulfonamides is 1. The number of fused-ring (bicyclic) bond motifs is 2. The highest BCUT2D eigenvalue weighted by molar-refractivity contribution is 7.89. The number of hydrogen-bond donors (Lipinski definition) is 2. The maximum absolute atomic E-state index is 13.3. The van der Waals surface area contributed by atoms with Crippen LogP contribution in [0.2, 0.25) is 0 Å². The Morgan fingerprint density at radius 3 is 2.69 bits per heavy atom. The molecule has 138 valence electrons. The van der Waals surface area contributed by atoms with Gasteiger partial charge in [0.25, 0.3) is 0 Å². The van der Waals surface area contributed by atoms with Crippen molar-refractivity contribution in [2.75, 3.05) is 19.0 Å². The number of nitrogens with zero attached hydrogens (tertiary/aromatic N) is 2. The third kappa shape index (κ3) is 2.36. The van der Waals surface area contributed by atoms with Crippen molar-refractivity contribution in [1.29, 1.82) is 0 Å². The Morgan fingerprint density at radius 1 is 1.27 bits per heavy atom. The number of methoxy groups -OCH3 is 1. The van der Waals surface area contributed by atoms with Crippen LogP contribution < -0.4 is 10.1 Å². The molecule has 1 aromatic heterocycles. The molecule has 0 aliphatic carbocycles. The predicted molar refractivity (Wildman–Crippen MR) is 99.7 cm³/mol. The lowest BCUT2D eigenvalue weighted by atomic mass is 9.97. The Bertz CT molecular complexity index is 1000. The standard InChI is InChI=1S/C18H22N4O3S/c1-10-5-6-15(25-4)16-14(10)9-13-7-8-22(18(13)19-16)26(23,24)17-11(2)20-21-12(17)3/h5-6,9,18-19H,7-8H2,1-4H3,(H,20,21). The van der Waals surface area contributed by atoms with Gasteiger partial charge in [-0.25, -0.2) is 8.42 Å². The molecule has 1 saturated heterocycles. The van der Waals surface area contributed by atoms with E-state index in [1.807, 2.05) is 19.1 Å². The number of anilines is 1. The number of aromatic nitrogens is 2. The lowest BCUT2D eigenvalue weighted by Crippen LogP contribution is -2.42. The smallest absolute Gasteiger partial charge is 0.248 e. The molecule has 2 aromatic rings. The first-order chi connectivity index (χ1) is 12.3. The lowest BCUT2D eigenvalue weighted by Gasteiger charge is -2.31. The van der Waals surface area contributed by atoms with Crippen LogP contribution in [-0.2, 0) is 10.0 Å². The van der Waals surface area contributed by atoms with Crippen LogP contribution in [0.5, 0.6) is 5.75 Å². The molecule has 4 rings (SSSR count). The van der Waals surface area contributed by atoms with Gasteiger partial charge in [-0.2, -0.15) is 9.40 Å². The fourth-order valence-corrected chi connectivity index (χ4v) is 5.72. The summed E-state index contributed by atoms with van der Waals surface area (Å²) in [5.74, 6) is 0.709. The minimum absolute atomic E-state index is 0.266. The van der Waals surface area contributed by atoms with Crippen LogP contribution in [0.3, 0.4) is 0 Å². The zero-order valence-corrected chi connectivity index (χ0v) is 16.1. The molecule has 2 aliphatic rings. The Morgan fingerprint density at radius 2 is 2.04 bits per heavy atom. The Kier molecular flexibility index (Phi) is 3.85. The molecule has 0 bridgehead atoms. The molecule has 0 radical (unpaired) electrons. The van der Waals surface area contributed by atoms with Crippen LogP contribution in [0.25, 0.3) is 6.08 Å². The minimum atomic E-state index is -3.66. The second-order valence-electron chi connectivity index (χ2n) is 6.77. The number of rotatable bonds is 3. The average Bonchev–Trinajstić information content (AvgIpc) is 3.17. The van der Waals surface area contributed by atoms with Crippen LogP contribution in [-0.4, -0.2) is 42.7 Å². The topological polar surface area (TPSA) is 87.3 Å². The van der Waals surface area contributed by atoms with E-state index in [0.717, 1.165) is 22.4 Å². The highest BCUT2D eigenvalue weighted by Crippen LogP contribution is 2.42.